The van der Waals surface area contributed by atoms with Crippen LogP contribution in [0.25, 0.3) is 0 Å². The molecule has 0 saturated carbocycles. The molecule has 0 aromatic heterocycles. The van der Waals surface area contributed by atoms with Gasteiger partial charge in [-0.05, 0) is 48.6 Å². The molecular formula is C16H13Br4N3OS. The van der Waals surface area contributed by atoms with Gasteiger partial charge in [-0.25, -0.2) is 0 Å². The van der Waals surface area contributed by atoms with E-state index in [2.05, 4.69) is 79.7 Å². The minimum Gasteiger partial charge on any atom is -0.340 e. The second kappa shape index (κ2) is 9.45. The Morgan fingerprint density at radius 1 is 0.960 bits per heavy atom. The van der Waals surface area contributed by atoms with E-state index >= 15 is 0 Å². The van der Waals surface area contributed by atoms with Crippen LogP contribution in [0, 0.1) is 0 Å². The van der Waals surface area contributed by atoms with Crippen LogP contribution in [0.2, 0.25) is 0 Å². The van der Waals surface area contributed by atoms with Crippen LogP contribution in [0.3, 0.4) is 0 Å². The third-order valence-electron chi connectivity index (χ3n) is 3.02. The topological polar surface area (TPSA) is 53.2 Å². The average molecular weight is 615 g/mol. The average Bonchev–Trinajstić information content (AvgIpc) is 2.56. The molecule has 0 aliphatic rings. The van der Waals surface area contributed by atoms with Crippen molar-refractivity contribution in [2.45, 2.75) is 8.31 Å². The van der Waals surface area contributed by atoms with E-state index < -0.39 is 8.31 Å². The van der Waals surface area contributed by atoms with Crippen LogP contribution < -0.4 is 16.0 Å². The van der Waals surface area contributed by atoms with Gasteiger partial charge in [0.2, 0.25) is 0 Å². The van der Waals surface area contributed by atoms with Crippen molar-refractivity contribution in [3.8, 4) is 0 Å². The van der Waals surface area contributed by atoms with Crippen molar-refractivity contribution in [3.05, 3.63) is 64.6 Å². The molecule has 4 nitrogen and oxygen atoms in total. The van der Waals surface area contributed by atoms with Crippen LogP contribution in [0.15, 0.2) is 59.1 Å². The Hall–Kier alpha value is -0.480. The van der Waals surface area contributed by atoms with Crippen LogP contribution in [0.4, 0.5) is 5.69 Å². The molecule has 1 amide bonds. The van der Waals surface area contributed by atoms with Crippen molar-refractivity contribution < 1.29 is 4.79 Å². The fourth-order valence-corrected chi connectivity index (χ4v) is 3.02. The second-order valence-corrected chi connectivity index (χ2v) is 13.2. The maximum Gasteiger partial charge on any atom is 0.252 e. The molecule has 0 bridgehead atoms. The number of hydrogen-bond donors (Lipinski definition) is 3. The standard InChI is InChI=1S/C16H13Br4N3OS/c17-11-6-8-12(9-7-11)21-15(25)23-14(16(18,19)20)22-13(24)10-4-2-1-3-5-10/h1-9,14H,(H,22,24)(H2,21,23,25). The summed E-state index contributed by atoms with van der Waals surface area (Å²) in [6.07, 6.45) is -0.573. The monoisotopic (exact) mass is 611 g/mol. The molecule has 0 saturated heterocycles. The summed E-state index contributed by atoms with van der Waals surface area (Å²) in [4.78, 5) is 12.4. The summed E-state index contributed by atoms with van der Waals surface area (Å²) in [7, 11) is 0. The lowest BCUT2D eigenvalue weighted by Gasteiger charge is -2.28. The predicted molar refractivity (Wildman–Crippen MR) is 121 cm³/mol. The van der Waals surface area contributed by atoms with Crippen molar-refractivity contribution >= 4 is 92.6 Å². The minimum atomic E-state index is -0.789. The molecule has 2 aromatic rings. The zero-order valence-corrected chi connectivity index (χ0v) is 19.8. The normalized spacial score (nSPS) is 12.2. The van der Waals surface area contributed by atoms with Gasteiger partial charge in [0.05, 0.1) is 0 Å². The Bertz CT molecular complexity index is 735. The van der Waals surface area contributed by atoms with Gasteiger partial charge in [-0.15, -0.1) is 0 Å². The number of hydrogen-bond acceptors (Lipinski definition) is 2. The van der Waals surface area contributed by atoms with E-state index in [4.69, 9.17) is 12.2 Å². The van der Waals surface area contributed by atoms with E-state index in [0.717, 1.165) is 10.2 Å². The number of thiocarbonyl (C=S) groups is 1. The Kier molecular flexibility index (Phi) is 7.88. The van der Waals surface area contributed by atoms with Crippen molar-refractivity contribution in [2.75, 3.05) is 5.32 Å². The molecule has 132 valence electrons. The van der Waals surface area contributed by atoms with E-state index in [0.29, 0.717) is 10.7 Å². The summed E-state index contributed by atoms with van der Waals surface area (Å²) in [5.41, 5.74) is 1.39. The number of nitrogens with one attached hydrogen (secondary N) is 3. The zero-order chi connectivity index (χ0) is 18.4. The first-order valence-corrected chi connectivity index (χ1v) is 10.6. The molecule has 1 unspecified atom stereocenters. The smallest absolute Gasteiger partial charge is 0.252 e. The number of carbonyl (C=O) groups is 1. The molecular weight excluding hydrogens is 602 g/mol. The van der Waals surface area contributed by atoms with Crippen LogP contribution in [-0.2, 0) is 0 Å². The van der Waals surface area contributed by atoms with Gasteiger partial charge in [0.1, 0.15) is 6.17 Å². The Labute approximate surface area is 185 Å². The molecule has 2 rings (SSSR count). The number of halogens is 4. The van der Waals surface area contributed by atoms with Crippen LogP contribution in [0.1, 0.15) is 10.4 Å². The summed E-state index contributed by atoms with van der Waals surface area (Å²) in [6.45, 7) is 0. The maximum absolute atomic E-state index is 12.4. The molecule has 0 radical (unpaired) electrons. The molecule has 0 aliphatic heterocycles. The number of anilines is 1. The van der Waals surface area contributed by atoms with Crippen molar-refractivity contribution in [1.82, 2.24) is 10.6 Å². The first-order chi connectivity index (χ1) is 11.8. The predicted octanol–water partition coefficient (Wildman–Crippen LogP) is 5.33. The lowest BCUT2D eigenvalue weighted by molar-refractivity contribution is 0.0936. The zero-order valence-electron chi connectivity index (χ0n) is 12.6. The van der Waals surface area contributed by atoms with Gasteiger partial charge < -0.3 is 16.0 Å². The first kappa shape index (κ1) is 20.8. The highest BCUT2D eigenvalue weighted by Crippen LogP contribution is 2.36. The van der Waals surface area contributed by atoms with E-state index in [1.807, 2.05) is 30.3 Å². The Balaban J connectivity index is 2.03. The van der Waals surface area contributed by atoms with Gasteiger partial charge in [0, 0.05) is 15.7 Å². The van der Waals surface area contributed by atoms with Gasteiger partial charge >= 0.3 is 0 Å². The van der Waals surface area contributed by atoms with Crippen molar-refractivity contribution in [2.24, 2.45) is 0 Å². The summed E-state index contributed by atoms with van der Waals surface area (Å²) < 4.78 is 0.188. The molecule has 2 aromatic carbocycles. The molecule has 0 spiro atoms. The lowest BCUT2D eigenvalue weighted by Crippen LogP contribution is -2.55. The van der Waals surface area contributed by atoms with Crippen LogP contribution in [0.5, 0.6) is 0 Å². The molecule has 0 heterocycles. The number of amides is 1. The number of rotatable bonds is 4. The van der Waals surface area contributed by atoms with Gasteiger partial charge in [-0.2, -0.15) is 0 Å². The second-order valence-electron chi connectivity index (χ2n) is 4.92. The highest BCUT2D eigenvalue weighted by molar-refractivity contribution is 9.39. The molecule has 3 N–H and O–H groups in total. The van der Waals surface area contributed by atoms with Gasteiger partial charge in [0.25, 0.3) is 5.91 Å². The third-order valence-corrected chi connectivity index (χ3v) is 5.14. The highest BCUT2D eigenvalue weighted by Gasteiger charge is 2.33. The van der Waals surface area contributed by atoms with E-state index in [1.165, 1.54) is 0 Å². The van der Waals surface area contributed by atoms with Crippen molar-refractivity contribution in [3.63, 3.8) is 0 Å². The first-order valence-electron chi connectivity index (χ1n) is 7.01. The van der Waals surface area contributed by atoms with Gasteiger partial charge in [0.15, 0.2) is 7.26 Å². The Morgan fingerprint density at radius 2 is 1.56 bits per heavy atom. The fourth-order valence-electron chi connectivity index (χ4n) is 1.84. The SMILES string of the molecule is O=C(NC(NC(=S)Nc1ccc(Br)cc1)C(Br)(Br)Br)c1ccccc1. The number of alkyl halides is 3. The molecule has 1 atom stereocenters. The summed E-state index contributed by atoms with van der Waals surface area (Å²) in [5, 5.41) is 9.36. The van der Waals surface area contributed by atoms with Crippen LogP contribution >= 0.6 is 75.9 Å². The lowest BCUT2D eigenvalue weighted by atomic mass is 10.2. The number of carbonyl (C=O) groups excluding carboxylic acids is 1. The Morgan fingerprint density at radius 3 is 2.12 bits per heavy atom. The van der Waals surface area contributed by atoms with E-state index in [1.54, 1.807) is 24.3 Å². The molecule has 0 fully saturated rings. The summed E-state index contributed by atoms with van der Waals surface area (Å²) in [5.74, 6) is -0.229. The van der Waals surface area contributed by atoms with Crippen molar-refractivity contribution in [1.29, 1.82) is 0 Å². The highest BCUT2D eigenvalue weighted by atomic mass is 80.0. The molecule has 25 heavy (non-hydrogen) atoms. The van der Waals surface area contributed by atoms with E-state index in [-0.39, 0.29) is 5.91 Å². The van der Waals surface area contributed by atoms with Gasteiger partial charge in [-0.1, -0.05) is 81.9 Å². The minimum absolute atomic E-state index is 0.229. The summed E-state index contributed by atoms with van der Waals surface area (Å²) >= 11 is 19.0. The quantitative estimate of drug-likeness (QED) is 0.248. The molecule has 0 aliphatic carbocycles. The largest absolute Gasteiger partial charge is 0.340 e. The number of benzene rings is 2. The maximum atomic E-state index is 12.4. The molecule has 9 heteroatoms. The third kappa shape index (κ3) is 6.97. The fraction of sp³-hybridized carbons (Fsp3) is 0.125. The summed E-state index contributed by atoms with van der Waals surface area (Å²) in [6, 6.07) is 16.5. The van der Waals surface area contributed by atoms with E-state index in [9.17, 15) is 4.79 Å². The van der Waals surface area contributed by atoms with Gasteiger partial charge in [-0.3, -0.25) is 4.79 Å². The van der Waals surface area contributed by atoms with Crippen LogP contribution in [-0.4, -0.2) is 19.3 Å².